The monoisotopic (exact) mass is 732 g/mol. The second-order valence-electron chi connectivity index (χ2n) is 12.3. The highest BCUT2D eigenvalue weighted by Gasteiger charge is 2.38. The van der Waals surface area contributed by atoms with Gasteiger partial charge in [0.15, 0.2) is 0 Å². The lowest BCUT2D eigenvalue weighted by atomic mass is 9.94. The standard InChI is InChI=1S/C28H33BrN6O2.C5H12O.C2H6.CH3Cl/c1-3-19(24-14-30-16-33-24)12-32-28(37)25-15-34(8-9-35(25)17-36)27-23-7-4-18(2)10-20(23)5-6-21-11-22(29)13-31-26(21)27;1-5(2,3)6-4;2*1-2/h4,7,10-11,13-14,16-17,19,25,27H,3,5-6,8-9,12,15H2,1-2H3,(H,30,33)(H,32,37);1-4H3;1-2H3;1H3/t19?,25-,27?;;;/m1.../s1. The Kier molecular flexibility index (Phi) is 17.1. The number of benzene rings is 1. The van der Waals surface area contributed by atoms with Crippen molar-refractivity contribution in [3.63, 3.8) is 0 Å². The molecule has 0 radical (unpaired) electrons. The molecule has 5 rings (SSSR count). The number of aromatic nitrogens is 3. The lowest BCUT2D eigenvalue weighted by Gasteiger charge is -2.42. The van der Waals surface area contributed by atoms with Gasteiger partial charge in [0.1, 0.15) is 6.04 Å². The molecule has 2 unspecified atom stereocenters. The largest absolute Gasteiger partial charge is 0.379 e. The van der Waals surface area contributed by atoms with E-state index in [1.165, 1.54) is 28.6 Å². The van der Waals surface area contributed by atoms with E-state index in [2.05, 4.69) is 85.8 Å². The van der Waals surface area contributed by atoms with Gasteiger partial charge in [0.05, 0.1) is 23.7 Å². The van der Waals surface area contributed by atoms with E-state index in [0.717, 1.165) is 41.5 Å². The molecule has 0 saturated carbocycles. The molecular weight excluding hydrogens is 680 g/mol. The van der Waals surface area contributed by atoms with Crippen molar-refractivity contribution < 1.29 is 14.3 Å². The van der Waals surface area contributed by atoms with Crippen molar-refractivity contribution in [1.29, 1.82) is 0 Å². The van der Waals surface area contributed by atoms with Gasteiger partial charge in [0, 0.05) is 68.1 Å². The summed E-state index contributed by atoms with van der Waals surface area (Å²) in [4.78, 5) is 41.5. The zero-order valence-electron chi connectivity index (χ0n) is 29.6. The van der Waals surface area contributed by atoms with E-state index in [4.69, 9.17) is 9.72 Å². The molecule has 1 aliphatic carbocycles. The first kappa shape index (κ1) is 40.4. The Morgan fingerprint density at radius 1 is 1.17 bits per heavy atom. The number of H-pyrrole nitrogens is 1. The average molecular weight is 734 g/mol. The molecule has 260 valence electrons. The summed E-state index contributed by atoms with van der Waals surface area (Å²) in [5.41, 5.74) is 7.10. The minimum absolute atomic E-state index is 0.0417. The number of hydrogen-bond donors (Lipinski definition) is 2. The number of methoxy groups -OCH3 is 1. The van der Waals surface area contributed by atoms with Crippen LogP contribution in [0.5, 0.6) is 0 Å². The molecule has 1 aromatic carbocycles. The third-order valence-electron chi connectivity index (χ3n) is 8.33. The van der Waals surface area contributed by atoms with Crippen LogP contribution in [0.1, 0.15) is 93.6 Å². The number of nitrogens with zero attached hydrogens (tertiary/aromatic N) is 4. The first-order valence-corrected chi connectivity index (χ1v) is 18.0. The van der Waals surface area contributed by atoms with Gasteiger partial charge in [-0.1, -0.05) is 44.5 Å². The number of nitrogens with one attached hydrogen (secondary N) is 2. The summed E-state index contributed by atoms with van der Waals surface area (Å²) < 4.78 is 5.91. The number of aromatic amines is 1. The number of ether oxygens (including phenoxy) is 1. The normalized spacial score (nSPS) is 17.9. The van der Waals surface area contributed by atoms with Gasteiger partial charge >= 0.3 is 0 Å². The summed E-state index contributed by atoms with van der Waals surface area (Å²) in [7, 11) is 1.71. The van der Waals surface area contributed by atoms with Crippen LogP contribution in [0.15, 0.2) is 47.5 Å². The molecule has 11 heteroatoms. The molecule has 47 heavy (non-hydrogen) atoms. The lowest BCUT2D eigenvalue weighted by Crippen LogP contribution is -2.59. The first-order valence-electron chi connectivity index (χ1n) is 16.4. The zero-order valence-corrected chi connectivity index (χ0v) is 31.9. The molecule has 0 bridgehead atoms. The van der Waals surface area contributed by atoms with E-state index >= 15 is 0 Å². The molecule has 2 aromatic heterocycles. The van der Waals surface area contributed by atoms with Gasteiger partial charge in [0.25, 0.3) is 0 Å². The topological polar surface area (TPSA) is 103 Å². The maximum Gasteiger partial charge on any atom is 0.244 e. The SMILES string of the molecule is CC.CCC(CNC(=O)[C@H]1CN(C2c3ccc(C)cc3CCc3cc(Br)cnc32)CCN1C=O)c1cnc[nH]1.CCl.COC(C)(C)C. The predicted molar refractivity (Wildman–Crippen MR) is 195 cm³/mol. The van der Waals surface area contributed by atoms with Crippen molar-refractivity contribution >= 4 is 39.8 Å². The number of rotatable bonds is 7. The fraction of sp³-hybridized carbons (Fsp3) is 0.556. The Hall–Kier alpha value is -2.79. The van der Waals surface area contributed by atoms with Crippen LogP contribution in [-0.4, -0.2) is 88.4 Å². The minimum Gasteiger partial charge on any atom is -0.379 e. The minimum atomic E-state index is -0.568. The second-order valence-corrected chi connectivity index (χ2v) is 13.2. The van der Waals surface area contributed by atoms with Crippen LogP contribution in [0.3, 0.4) is 0 Å². The zero-order chi connectivity index (χ0) is 35.1. The number of amides is 2. The van der Waals surface area contributed by atoms with Crippen LogP contribution in [0, 0.1) is 6.92 Å². The Morgan fingerprint density at radius 2 is 1.85 bits per heavy atom. The van der Waals surface area contributed by atoms with Crippen LogP contribution in [-0.2, 0) is 27.2 Å². The average Bonchev–Trinajstić information content (AvgIpc) is 3.57. The van der Waals surface area contributed by atoms with E-state index in [1.807, 2.05) is 40.8 Å². The number of pyridine rings is 1. The molecule has 0 spiro atoms. The highest BCUT2D eigenvalue weighted by molar-refractivity contribution is 9.10. The molecular formula is C36H54BrClN6O3. The Bertz CT molecular complexity index is 1330. The smallest absolute Gasteiger partial charge is 0.244 e. The van der Waals surface area contributed by atoms with Crippen molar-refractivity contribution in [2.75, 3.05) is 39.7 Å². The van der Waals surface area contributed by atoms with Crippen molar-refractivity contribution in [3.8, 4) is 0 Å². The molecule has 2 aliphatic rings. The molecule has 3 atom stereocenters. The Morgan fingerprint density at radius 3 is 2.45 bits per heavy atom. The van der Waals surface area contributed by atoms with Gasteiger partial charge in [0.2, 0.25) is 12.3 Å². The third-order valence-corrected chi connectivity index (χ3v) is 8.76. The van der Waals surface area contributed by atoms with E-state index in [0.29, 0.717) is 26.2 Å². The van der Waals surface area contributed by atoms with Crippen molar-refractivity contribution in [3.05, 3.63) is 81.1 Å². The number of carbonyl (C=O) groups excluding carboxylic acids is 2. The number of hydrogen-bond acceptors (Lipinski definition) is 6. The quantitative estimate of drug-likeness (QED) is 0.204. The molecule has 1 fully saturated rings. The van der Waals surface area contributed by atoms with Crippen molar-refractivity contribution in [2.24, 2.45) is 0 Å². The van der Waals surface area contributed by atoms with Gasteiger partial charge in [-0.05, 0) is 85.6 Å². The molecule has 2 N–H and O–H groups in total. The summed E-state index contributed by atoms with van der Waals surface area (Å²) in [5, 5.41) is 3.11. The molecule has 3 heterocycles. The molecule has 3 aromatic rings. The van der Waals surface area contributed by atoms with E-state index in [-0.39, 0.29) is 23.5 Å². The third kappa shape index (κ3) is 11.4. The summed E-state index contributed by atoms with van der Waals surface area (Å²) in [5.74, 6) is 0.0128. The number of piperazine rings is 1. The lowest BCUT2D eigenvalue weighted by molar-refractivity contribution is -0.136. The Balaban J connectivity index is 0.000000683. The van der Waals surface area contributed by atoms with Crippen LogP contribution in [0.2, 0.25) is 0 Å². The Labute approximate surface area is 295 Å². The molecule has 2 amide bonds. The molecule has 1 aliphatic heterocycles. The van der Waals surface area contributed by atoms with Gasteiger partial charge in [-0.2, -0.15) is 0 Å². The number of halogens is 2. The van der Waals surface area contributed by atoms with E-state index in [1.54, 1.807) is 24.5 Å². The highest BCUT2D eigenvalue weighted by Crippen LogP contribution is 2.38. The maximum atomic E-state index is 13.4. The number of aryl methyl sites for hydroxylation is 3. The summed E-state index contributed by atoms with van der Waals surface area (Å²) >= 11 is 8.23. The van der Waals surface area contributed by atoms with Gasteiger partial charge < -0.3 is 19.9 Å². The van der Waals surface area contributed by atoms with E-state index in [9.17, 15) is 9.59 Å². The molecule has 9 nitrogen and oxygen atoms in total. The van der Waals surface area contributed by atoms with Crippen molar-refractivity contribution in [2.45, 2.75) is 91.3 Å². The highest BCUT2D eigenvalue weighted by atomic mass is 79.9. The van der Waals surface area contributed by atoms with Gasteiger partial charge in [-0.3, -0.25) is 19.5 Å². The number of imidazole rings is 1. The summed E-state index contributed by atoms with van der Waals surface area (Å²) in [6, 6.07) is 8.17. The van der Waals surface area contributed by atoms with Crippen LogP contribution in [0.25, 0.3) is 0 Å². The summed E-state index contributed by atoms with van der Waals surface area (Å²) in [6.45, 7) is 16.4. The first-order chi connectivity index (χ1) is 22.5. The fourth-order valence-corrected chi connectivity index (χ4v) is 6.04. The molecule has 1 saturated heterocycles. The number of alkyl halides is 1. The van der Waals surface area contributed by atoms with Crippen LogP contribution >= 0.6 is 27.5 Å². The summed E-state index contributed by atoms with van der Waals surface area (Å²) in [6.07, 6.45) is 10.3. The van der Waals surface area contributed by atoms with Gasteiger partial charge in [-0.25, -0.2) is 4.98 Å². The number of carbonyl (C=O) groups is 2. The van der Waals surface area contributed by atoms with Crippen molar-refractivity contribution in [1.82, 2.24) is 30.1 Å². The maximum absolute atomic E-state index is 13.4. The second kappa shape index (κ2) is 19.9. The fourth-order valence-electron chi connectivity index (χ4n) is 5.66. The predicted octanol–water partition coefficient (Wildman–Crippen LogP) is 6.83. The van der Waals surface area contributed by atoms with Crippen LogP contribution in [0.4, 0.5) is 0 Å². The number of fused-ring (bicyclic) bond motifs is 2. The van der Waals surface area contributed by atoms with Gasteiger partial charge in [-0.15, -0.1) is 11.6 Å². The van der Waals surface area contributed by atoms with E-state index < -0.39 is 6.04 Å². The van der Waals surface area contributed by atoms with Crippen LogP contribution < -0.4 is 5.32 Å².